The quantitative estimate of drug-likeness (QED) is 0.739. The zero-order chi connectivity index (χ0) is 15.3. The van der Waals surface area contributed by atoms with Crippen molar-refractivity contribution in [2.45, 2.75) is 20.4 Å². The van der Waals surface area contributed by atoms with E-state index in [-0.39, 0.29) is 11.6 Å². The maximum atomic E-state index is 13.4. The van der Waals surface area contributed by atoms with Crippen molar-refractivity contribution < 1.29 is 13.2 Å². The lowest BCUT2D eigenvalue weighted by Gasteiger charge is -2.09. The first-order chi connectivity index (χ1) is 9.93. The number of anilines is 1. The highest BCUT2D eigenvalue weighted by molar-refractivity contribution is 5.80. The van der Waals surface area contributed by atoms with Gasteiger partial charge >= 0.3 is 0 Å². The third kappa shape index (κ3) is 1.86. The Morgan fingerprint density at radius 3 is 2.38 bits per heavy atom. The minimum atomic E-state index is -1.52. The van der Waals surface area contributed by atoms with Crippen molar-refractivity contribution in [3.8, 4) is 5.69 Å². The molecule has 0 fully saturated rings. The molecule has 110 valence electrons. The molecule has 3 aromatic rings. The Labute approximate surface area is 117 Å². The molecule has 2 aromatic heterocycles. The first-order valence-electron chi connectivity index (χ1n) is 6.30. The predicted molar refractivity (Wildman–Crippen MR) is 71.6 cm³/mol. The third-order valence-corrected chi connectivity index (χ3v) is 3.26. The van der Waals surface area contributed by atoms with Gasteiger partial charge in [0.1, 0.15) is 5.52 Å². The topological polar surface area (TPSA) is 61.7 Å². The van der Waals surface area contributed by atoms with Gasteiger partial charge in [-0.05, 0) is 13.8 Å². The Morgan fingerprint density at radius 1 is 1.19 bits per heavy atom. The van der Waals surface area contributed by atoms with E-state index in [1.165, 1.54) is 4.57 Å². The Morgan fingerprint density at radius 2 is 1.81 bits per heavy atom. The van der Waals surface area contributed by atoms with E-state index in [1.807, 2.05) is 6.92 Å². The highest BCUT2D eigenvalue weighted by atomic mass is 19.2. The Balaban J connectivity index is 2.37. The molecule has 0 atom stereocenters. The Hall–Kier alpha value is -2.51. The fourth-order valence-electron chi connectivity index (χ4n) is 2.33. The number of nitrogens with zero attached hydrogens (tertiary/aromatic N) is 4. The van der Waals surface area contributed by atoms with Crippen LogP contribution in [0.1, 0.15) is 12.6 Å². The number of benzene rings is 1. The molecule has 0 spiro atoms. The number of aromatic nitrogens is 4. The molecule has 3 rings (SSSR count). The maximum absolute atomic E-state index is 13.4. The van der Waals surface area contributed by atoms with E-state index in [0.717, 1.165) is 12.1 Å². The number of aryl methyl sites for hydroxylation is 2. The van der Waals surface area contributed by atoms with Crippen LogP contribution in [-0.2, 0) is 6.54 Å². The van der Waals surface area contributed by atoms with Gasteiger partial charge in [0, 0.05) is 18.7 Å². The average molecular weight is 295 g/mol. The molecule has 1 aromatic carbocycles. The Bertz CT molecular complexity index is 826. The third-order valence-electron chi connectivity index (χ3n) is 3.26. The molecule has 21 heavy (non-hydrogen) atoms. The van der Waals surface area contributed by atoms with Gasteiger partial charge in [-0.25, -0.2) is 22.8 Å². The highest BCUT2D eigenvalue weighted by Gasteiger charge is 2.20. The molecule has 0 saturated heterocycles. The van der Waals surface area contributed by atoms with Crippen molar-refractivity contribution >= 4 is 17.1 Å². The lowest BCUT2D eigenvalue weighted by molar-refractivity contribution is 0.446. The van der Waals surface area contributed by atoms with Gasteiger partial charge in [0.2, 0.25) is 5.95 Å². The van der Waals surface area contributed by atoms with Gasteiger partial charge in [-0.1, -0.05) is 0 Å². The number of hydrogen-bond acceptors (Lipinski definition) is 3. The van der Waals surface area contributed by atoms with Gasteiger partial charge in [0.15, 0.2) is 23.1 Å². The van der Waals surface area contributed by atoms with E-state index < -0.39 is 17.5 Å². The second-order valence-electron chi connectivity index (χ2n) is 4.60. The minimum Gasteiger partial charge on any atom is -0.369 e. The molecule has 0 aliphatic heterocycles. The van der Waals surface area contributed by atoms with E-state index in [1.54, 1.807) is 11.6 Å². The summed E-state index contributed by atoms with van der Waals surface area (Å²) in [6, 6.07) is 1.75. The number of rotatable bonds is 2. The molecular weight excluding hydrogens is 283 g/mol. The number of nitrogen functional groups attached to an aromatic ring is 1. The van der Waals surface area contributed by atoms with Crippen molar-refractivity contribution in [2.24, 2.45) is 0 Å². The molecule has 0 radical (unpaired) electrons. The second kappa shape index (κ2) is 4.51. The van der Waals surface area contributed by atoms with Gasteiger partial charge in [-0.15, -0.1) is 0 Å². The number of hydrogen-bond donors (Lipinski definition) is 1. The van der Waals surface area contributed by atoms with Crippen LogP contribution in [0.2, 0.25) is 0 Å². The first-order valence-corrected chi connectivity index (χ1v) is 6.30. The normalized spacial score (nSPS) is 11.5. The summed E-state index contributed by atoms with van der Waals surface area (Å²) in [4.78, 5) is 4.16. The molecule has 8 heteroatoms. The molecule has 0 unspecified atom stereocenters. The lowest BCUT2D eigenvalue weighted by Crippen LogP contribution is -2.08. The molecule has 2 heterocycles. The van der Waals surface area contributed by atoms with Gasteiger partial charge in [0.25, 0.3) is 0 Å². The van der Waals surface area contributed by atoms with Crippen LogP contribution in [0.15, 0.2) is 12.1 Å². The van der Waals surface area contributed by atoms with Gasteiger partial charge in [-0.2, -0.15) is 5.10 Å². The number of halogens is 3. The van der Waals surface area contributed by atoms with E-state index in [0.29, 0.717) is 23.4 Å². The number of fused-ring (bicyclic) bond motifs is 1. The van der Waals surface area contributed by atoms with Crippen LogP contribution in [0.3, 0.4) is 0 Å². The SMILES string of the molecule is CCn1nc(C)c2nc(N)n(-c3cc(F)c(F)c(F)c3)c21. The highest BCUT2D eigenvalue weighted by Crippen LogP contribution is 2.27. The summed E-state index contributed by atoms with van der Waals surface area (Å²) in [5.74, 6) is -4.04. The van der Waals surface area contributed by atoms with Crippen LogP contribution < -0.4 is 5.73 Å². The monoisotopic (exact) mass is 295 g/mol. The summed E-state index contributed by atoms with van der Waals surface area (Å²) in [5, 5.41) is 4.27. The maximum Gasteiger partial charge on any atom is 0.207 e. The zero-order valence-corrected chi connectivity index (χ0v) is 11.4. The largest absolute Gasteiger partial charge is 0.369 e. The van der Waals surface area contributed by atoms with E-state index in [2.05, 4.69) is 10.1 Å². The molecule has 0 aliphatic carbocycles. The summed E-state index contributed by atoms with van der Waals surface area (Å²) in [7, 11) is 0. The second-order valence-corrected chi connectivity index (χ2v) is 4.60. The van der Waals surface area contributed by atoms with Crippen molar-refractivity contribution in [1.82, 2.24) is 19.3 Å². The van der Waals surface area contributed by atoms with Crippen LogP contribution >= 0.6 is 0 Å². The first kappa shape index (κ1) is 13.5. The number of imidazole rings is 1. The molecule has 2 N–H and O–H groups in total. The summed E-state index contributed by atoms with van der Waals surface area (Å²) in [5.41, 5.74) is 7.60. The van der Waals surface area contributed by atoms with Crippen LogP contribution in [-0.4, -0.2) is 19.3 Å². The van der Waals surface area contributed by atoms with E-state index >= 15 is 0 Å². The van der Waals surface area contributed by atoms with Crippen LogP contribution in [0.4, 0.5) is 19.1 Å². The van der Waals surface area contributed by atoms with Crippen molar-refractivity contribution in [1.29, 1.82) is 0 Å². The fourth-order valence-corrected chi connectivity index (χ4v) is 2.33. The fraction of sp³-hybridized carbons (Fsp3) is 0.231. The molecule has 0 bridgehead atoms. The zero-order valence-electron chi connectivity index (χ0n) is 11.4. The smallest absolute Gasteiger partial charge is 0.207 e. The average Bonchev–Trinajstić information content (AvgIpc) is 2.92. The van der Waals surface area contributed by atoms with Crippen molar-refractivity contribution in [3.05, 3.63) is 35.3 Å². The molecule has 5 nitrogen and oxygen atoms in total. The molecule has 0 aliphatic rings. The Kier molecular flexibility index (Phi) is 2.89. The molecule has 0 saturated carbocycles. The molecular formula is C13H12F3N5. The van der Waals surface area contributed by atoms with E-state index in [9.17, 15) is 13.2 Å². The van der Waals surface area contributed by atoms with Crippen LogP contribution in [0.25, 0.3) is 16.9 Å². The predicted octanol–water partition coefficient (Wildman–Crippen LogP) is 2.55. The van der Waals surface area contributed by atoms with Gasteiger partial charge < -0.3 is 5.73 Å². The minimum absolute atomic E-state index is 0.0538. The molecule has 0 amide bonds. The van der Waals surface area contributed by atoms with Crippen LogP contribution in [0, 0.1) is 24.4 Å². The number of nitrogens with two attached hydrogens (primary N) is 1. The standard InChI is InChI=1S/C13H12F3N5/c1-3-20-12-11(6(2)19-20)18-13(17)21(12)7-4-8(14)10(16)9(15)5-7/h4-5H,3H2,1-2H3,(H2,17,18). The lowest BCUT2D eigenvalue weighted by atomic mass is 10.3. The van der Waals surface area contributed by atoms with E-state index in [4.69, 9.17) is 5.73 Å². The van der Waals surface area contributed by atoms with Gasteiger partial charge in [0.05, 0.1) is 11.4 Å². The summed E-state index contributed by atoms with van der Waals surface area (Å²) in [6.07, 6.45) is 0. The summed E-state index contributed by atoms with van der Waals surface area (Å²) < 4.78 is 42.9. The van der Waals surface area contributed by atoms with Crippen molar-refractivity contribution in [3.63, 3.8) is 0 Å². The summed E-state index contributed by atoms with van der Waals surface area (Å²) in [6.45, 7) is 4.16. The van der Waals surface area contributed by atoms with Crippen LogP contribution in [0.5, 0.6) is 0 Å². The summed E-state index contributed by atoms with van der Waals surface area (Å²) >= 11 is 0. The van der Waals surface area contributed by atoms with Crippen molar-refractivity contribution in [2.75, 3.05) is 5.73 Å². The van der Waals surface area contributed by atoms with Gasteiger partial charge in [-0.3, -0.25) is 4.57 Å².